The lowest BCUT2D eigenvalue weighted by Gasteiger charge is -2.14. The third-order valence-electron chi connectivity index (χ3n) is 3.70. The quantitative estimate of drug-likeness (QED) is 0.819. The van der Waals surface area contributed by atoms with Gasteiger partial charge in [-0.3, -0.25) is 4.90 Å². The molecule has 1 aromatic carbocycles. The molecule has 0 atom stereocenters. The SMILES string of the molecule is C#CCN(C)Cc1c(CNC2CC2)sc2ccccc12. The van der Waals surface area contributed by atoms with Gasteiger partial charge in [0.25, 0.3) is 0 Å². The molecule has 1 aliphatic rings. The first-order valence-electron chi connectivity index (χ1n) is 7.12. The van der Waals surface area contributed by atoms with Crippen molar-refractivity contribution in [2.24, 2.45) is 0 Å². The van der Waals surface area contributed by atoms with Gasteiger partial charge in [-0.05, 0) is 36.9 Å². The molecule has 2 nitrogen and oxygen atoms in total. The summed E-state index contributed by atoms with van der Waals surface area (Å²) in [6, 6.07) is 9.43. The smallest absolute Gasteiger partial charge is 0.0599 e. The largest absolute Gasteiger partial charge is 0.309 e. The molecule has 3 rings (SSSR count). The highest BCUT2D eigenvalue weighted by Gasteiger charge is 2.21. The van der Waals surface area contributed by atoms with E-state index >= 15 is 0 Å². The molecule has 1 N–H and O–H groups in total. The molecule has 104 valence electrons. The van der Waals surface area contributed by atoms with Crippen molar-refractivity contribution in [3.63, 3.8) is 0 Å². The number of benzene rings is 1. The van der Waals surface area contributed by atoms with Gasteiger partial charge in [0, 0.05) is 28.7 Å². The van der Waals surface area contributed by atoms with E-state index in [2.05, 4.69) is 47.5 Å². The zero-order valence-electron chi connectivity index (χ0n) is 11.9. The molecular formula is C17H20N2S. The van der Waals surface area contributed by atoms with Crippen LogP contribution in [0, 0.1) is 12.3 Å². The molecular weight excluding hydrogens is 264 g/mol. The highest BCUT2D eigenvalue weighted by molar-refractivity contribution is 7.19. The molecule has 1 aliphatic carbocycles. The summed E-state index contributed by atoms with van der Waals surface area (Å²) in [6.45, 7) is 2.61. The van der Waals surface area contributed by atoms with Crippen molar-refractivity contribution in [1.29, 1.82) is 0 Å². The van der Waals surface area contributed by atoms with Gasteiger partial charge in [0.1, 0.15) is 0 Å². The van der Waals surface area contributed by atoms with Crippen LogP contribution < -0.4 is 5.32 Å². The van der Waals surface area contributed by atoms with Crippen LogP contribution >= 0.6 is 11.3 Å². The standard InChI is InChI=1S/C17H20N2S/c1-3-10-19(2)12-15-14-6-4-5-7-16(14)20-17(15)11-18-13-8-9-13/h1,4-7,13,18H,8-12H2,2H3. The minimum atomic E-state index is 0.694. The maximum Gasteiger partial charge on any atom is 0.0599 e. The lowest BCUT2D eigenvalue weighted by atomic mass is 10.1. The number of nitrogens with zero attached hydrogens (tertiary/aromatic N) is 1. The van der Waals surface area contributed by atoms with E-state index in [-0.39, 0.29) is 0 Å². The fourth-order valence-electron chi connectivity index (χ4n) is 2.47. The number of hydrogen-bond donors (Lipinski definition) is 1. The third-order valence-corrected chi connectivity index (χ3v) is 4.91. The summed E-state index contributed by atoms with van der Waals surface area (Å²) in [4.78, 5) is 3.66. The Morgan fingerprint density at radius 1 is 1.40 bits per heavy atom. The fourth-order valence-corrected chi connectivity index (χ4v) is 3.64. The fraction of sp³-hybridized carbons (Fsp3) is 0.412. The van der Waals surface area contributed by atoms with E-state index in [0.717, 1.165) is 19.1 Å². The van der Waals surface area contributed by atoms with Crippen LogP contribution in [0.1, 0.15) is 23.3 Å². The van der Waals surface area contributed by atoms with Gasteiger partial charge < -0.3 is 5.32 Å². The first-order chi connectivity index (χ1) is 9.78. The highest BCUT2D eigenvalue weighted by Crippen LogP contribution is 2.32. The van der Waals surface area contributed by atoms with Crippen molar-refractivity contribution in [1.82, 2.24) is 10.2 Å². The topological polar surface area (TPSA) is 15.3 Å². The lowest BCUT2D eigenvalue weighted by Crippen LogP contribution is -2.20. The predicted octanol–water partition coefficient (Wildman–Crippen LogP) is 3.22. The molecule has 0 amide bonds. The van der Waals surface area contributed by atoms with Crippen molar-refractivity contribution in [2.45, 2.75) is 32.0 Å². The van der Waals surface area contributed by atoms with Crippen LogP contribution in [-0.2, 0) is 13.1 Å². The van der Waals surface area contributed by atoms with Gasteiger partial charge in [-0.15, -0.1) is 17.8 Å². The minimum Gasteiger partial charge on any atom is -0.309 e. The molecule has 0 bridgehead atoms. The van der Waals surface area contributed by atoms with Crippen LogP contribution in [0.25, 0.3) is 10.1 Å². The Hall–Kier alpha value is -1.34. The zero-order chi connectivity index (χ0) is 13.9. The number of rotatable bonds is 6. The van der Waals surface area contributed by atoms with Gasteiger partial charge in [0.15, 0.2) is 0 Å². The van der Waals surface area contributed by atoms with Crippen molar-refractivity contribution in [2.75, 3.05) is 13.6 Å². The van der Waals surface area contributed by atoms with Gasteiger partial charge in [0.05, 0.1) is 6.54 Å². The number of nitrogens with one attached hydrogen (secondary N) is 1. The van der Waals surface area contributed by atoms with Gasteiger partial charge in [-0.1, -0.05) is 24.1 Å². The number of fused-ring (bicyclic) bond motifs is 1. The Labute approximate surface area is 124 Å². The molecule has 1 fully saturated rings. The first-order valence-corrected chi connectivity index (χ1v) is 7.94. The summed E-state index contributed by atoms with van der Waals surface area (Å²) < 4.78 is 1.38. The molecule has 1 saturated carbocycles. The first kappa shape index (κ1) is 13.6. The van der Waals surface area contributed by atoms with Gasteiger partial charge in [0.2, 0.25) is 0 Å². The van der Waals surface area contributed by atoms with E-state index in [9.17, 15) is 0 Å². The normalized spacial score (nSPS) is 14.8. The zero-order valence-corrected chi connectivity index (χ0v) is 12.7. The third kappa shape index (κ3) is 3.04. The summed E-state index contributed by atoms with van der Waals surface area (Å²) in [5.74, 6) is 2.72. The lowest BCUT2D eigenvalue weighted by molar-refractivity contribution is 0.369. The van der Waals surface area contributed by atoms with E-state index in [1.165, 1.54) is 33.4 Å². The van der Waals surface area contributed by atoms with Crippen LogP contribution in [-0.4, -0.2) is 24.5 Å². The van der Waals surface area contributed by atoms with E-state index in [1.807, 2.05) is 11.3 Å². The molecule has 0 aliphatic heterocycles. The van der Waals surface area contributed by atoms with Crippen LogP contribution in [0.2, 0.25) is 0 Å². The van der Waals surface area contributed by atoms with Crippen LogP contribution in [0.15, 0.2) is 24.3 Å². The molecule has 1 aromatic heterocycles. The number of thiophene rings is 1. The average Bonchev–Trinajstić information content (AvgIpc) is 3.21. The summed E-state index contributed by atoms with van der Waals surface area (Å²) in [5.41, 5.74) is 1.44. The summed E-state index contributed by atoms with van der Waals surface area (Å²) >= 11 is 1.91. The van der Waals surface area contributed by atoms with Crippen molar-refractivity contribution < 1.29 is 0 Å². The minimum absolute atomic E-state index is 0.694. The Balaban J connectivity index is 1.87. The van der Waals surface area contributed by atoms with Crippen molar-refractivity contribution in [3.05, 3.63) is 34.7 Å². The molecule has 0 spiro atoms. The monoisotopic (exact) mass is 284 g/mol. The summed E-state index contributed by atoms with van der Waals surface area (Å²) in [7, 11) is 2.09. The van der Waals surface area contributed by atoms with E-state index < -0.39 is 0 Å². The van der Waals surface area contributed by atoms with Gasteiger partial charge in [-0.25, -0.2) is 0 Å². The van der Waals surface area contributed by atoms with E-state index in [1.54, 1.807) is 0 Å². The Morgan fingerprint density at radius 2 is 2.20 bits per heavy atom. The molecule has 2 aromatic rings. The van der Waals surface area contributed by atoms with Crippen LogP contribution in [0.4, 0.5) is 0 Å². The molecule has 0 radical (unpaired) electrons. The van der Waals surface area contributed by atoms with Crippen molar-refractivity contribution >= 4 is 21.4 Å². The second-order valence-electron chi connectivity index (χ2n) is 5.53. The van der Waals surface area contributed by atoms with Gasteiger partial charge >= 0.3 is 0 Å². The summed E-state index contributed by atoms with van der Waals surface area (Å²) in [5, 5.41) is 5.01. The number of terminal acetylenes is 1. The second-order valence-corrected chi connectivity index (χ2v) is 6.67. The maximum atomic E-state index is 5.41. The van der Waals surface area contributed by atoms with Crippen LogP contribution in [0.5, 0.6) is 0 Å². The van der Waals surface area contributed by atoms with Crippen molar-refractivity contribution in [3.8, 4) is 12.3 Å². The highest BCUT2D eigenvalue weighted by atomic mass is 32.1. The predicted molar refractivity (Wildman–Crippen MR) is 86.9 cm³/mol. The van der Waals surface area contributed by atoms with Gasteiger partial charge in [-0.2, -0.15) is 0 Å². The summed E-state index contributed by atoms with van der Waals surface area (Å²) in [6.07, 6.45) is 8.08. The Kier molecular flexibility index (Phi) is 4.07. The molecule has 0 unspecified atom stereocenters. The number of hydrogen-bond acceptors (Lipinski definition) is 3. The Morgan fingerprint density at radius 3 is 2.95 bits per heavy atom. The Bertz CT molecular complexity index is 634. The van der Waals surface area contributed by atoms with E-state index in [0.29, 0.717) is 6.54 Å². The van der Waals surface area contributed by atoms with Crippen LogP contribution in [0.3, 0.4) is 0 Å². The molecule has 1 heterocycles. The maximum absolute atomic E-state index is 5.41. The molecule has 3 heteroatoms. The molecule has 20 heavy (non-hydrogen) atoms. The average molecular weight is 284 g/mol. The van der Waals surface area contributed by atoms with E-state index in [4.69, 9.17) is 6.42 Å². The molecule has 0 saturated heterocycles. The second kappa shape index (κ2) is 5.97.